The maximum Gasteiger partial charge on any atom is 0.311 e. The van der Waals surface area contributed by atoms with E-state index < -0.39 is 179 Å². The van der Waals surface area contributed by atoms with Crippen molar-refractivity contribution in [1.29, 1.82) is 0 Å². The molecule has 0 unspecified atom stereocenters. The number of ether oxygens (including phenoxy) is 14. The Hall–Kier alpha value is -7.07. The summed E-state index contributed by atoms with van der Waals surface area (Å²) in [6.07, 6.45) is 3.38. The zero-order chi connectivity index (χ0) is 83.1. The lowest BCUT2D eigenvalue weighted by Crippen LogP contribution is -2.59. The Morgan fingerprint density at radius 3 is 0.844 bits per heavy atom. The first kappa shape index (κ1) is 99.9. The molecule has 109 heavy (non-hydrogen) atoms. The molecule has 4 N–H and O–H groups in total. The second-order valence-corrected chi connectivity index (χ2v) is 34.2. The van der Waals surface area contributed by atoms with Crippen LogP contribution in [0.15, 0.2) is 12.2 Å². The molecule has 0 radical (unpaired) electrons. The van der Waals surface area contributed by atoms with E-state index in [9.17, 15) is 62.3 Å². The fourth-order valence-electron chi connectivity index (χ4n) is 8.56. The van der Waals surface area contributed by atoms with Gasteiger partial charge in [0, 0.05) is 76.2 Å². The van der Waals surface area contributed by atoms with Crippen LogP contribution < -0.4 is 21.3 Å². The molecule has 0 spiro atoms. The number of nitrogens with one attached hydrogen (secondary N) is 4. The number of hydrogen-bond donors (Lipinski definition) is 4. The van der Waals surface area contributed by atoms with Crippen molar-refractivity contribution in [1.82, 2.24) is 26.2 Å². The Morgan fingerprint density at radius 2 is 0.560 bits per heavy atom. The summed E-state index contributed by atoms with van der Waals surface area (Å²) < 4.78 is 79.6. The van der Waals surface area contributed by atoms with Gasteiger partial charge in [-0.1, -0.05) is 0 Å². The summed E-state index contributed by atoms with van der Waals surface area (Å²) in [6, 6.07) is 0. The van der Waals surface area contributed by atoms with E-state index in [-0.39, 0.29) is 97.1 Å². The van der Waals surface area contributed by atoms with E-state index in [1.807, 2.05) is 0 Å². The molecule has 0 atom stereocenters. The fourth-order valence-corrected chi connectivity index (χ4v) is 8.56. The average molecular weight is 1560 g/mol. The number of carbonyl (C=O) groups excluding carboxylic acids is 13. The van der Waals surface area contributed by atoms with Crippen molar-refractivity contribution in [2.45, 2.75) is 171 Å². The predicted molar refractivity (Wildman–Crippen MR) is 397 cm³/mol. The lowest BCUT2D eigenvalue weighted by Gasteiger charge is -2.38. The Kier molecular flexibility index (Phi) is 43.4. The maximum atomic E-state index is 14.9. The number of nitrogens with zero attached hydrogens (tertiary/aromatic N) is 1. The Labute approximate surface area is 644 Å². The van der Waals surface area contributed by atoms with Crippen molar-refractivity contribution >= 4 is 77.0 Å². The summed E-state index contributed by atoms with van der Waals surface area (Å²) in [5.74, 6) is -7.52. The molecule has 626 valence electrons. The molecule has 1 rings (SSSR count). The SMILES string of the molecule is CC(C)(C)C(=O)OCC(C)(COC(=O)C(C)(C)C)C(=O)NCC(CNC(=O)C(C)(COC(=O)C(C)(C)C)COC(=O)C(C)(C)C)(CNC(=O)C(C)(COC(=O)C(C)(C)C)COC(=O)C(C)(C)C)COCCOCCOCCOCCCC(=O)CCOCCOCCOCCOCCNC(=O)CCN1C(=O)C=CC1=O. The largest absolute Gasteiger partial charge is 0.464 e. The molecule has 0 aromatic rings. The topological polar surface area (TPSA) is 402 Å². The Balaban J connectivity index is 3.23. The molecule has 0 saturated heterocycles. The van der Waals surface area contributed by atoms with Crippen LogP contribution in [0.3, 0.4) is 0 Å². The van der Waals surface area contributed by atoms with Crippen molar-refractivity contribution in [3.63, 3.8) is 0 Å². The zero-order valence-electron chi connectivity index (χ0n) is 69.0. The van der Waals surface area contributed by atoms with Gasteiger partial charge in [0.2, 0.25) is 23.6 Å². The van der Waals surface area contributed by atoms with Crippen LogP contribution in [-0.4, -0.2) is 260 Å². The summed E-state index contributed by atoms with van der Waals surface area (Å²) in [6.45, 7) is 32.0. The van der Waals surface area contributed by atoms with Crippen LogP contribution in [-0.2, 0) is 129 Å². The first-order valence-corrected chi connectivity index (χ1v) is 37.2. The van der Waals surface area contributed by atoms with Crippen LogP contribution in [0.4, 0.5) is 0 Å². The van der Waals surface area contributed by atoms with Gasteiger partial charge in [0.1, 0.15) is 61.7 Å². The molecule has 32 heteroatoms. The number of carbonyl (C=O) groups is 13. The maximum absolute atomic E-state index is 14.9. The van der Waals surface area contributed by atoms with Gasteiger partial charge in [0.05, 0.1) is 132 Å². The van der Waals surface area contributed by atoms with Crippen LogP contribution in [0.5, 0.6) is 0 Å². The molecule has 0 aromatic heterocycles. The van der Waals surface area contributed by atoms with Gasteiger partial charge in [-0.3, -0.25) is 67.2 Å². The number of hydrogen-bond acceptors (Lipinski definition) is 27. The summed E-state index contributed by atoms with van der Waals surface area (Å²) in [7, 11) is 0. The first-order chi connectivity index (χ1) is 50.3. The lowest BCUT2D eigenvalue weighted by molar-refractivity contribution is -0.168. The van der Waals surface area contributed by atoms with Crippen molar-refractivity contribution in [3.8, 4) is 0 Å². The summed E-state index contributed by atoms with van der Waals surface area (Å²) >= 11 is 0. The Bertz CT molecular complexity index is 2650. The summed E-state index contributed by atoms with van der Waals surface area (Å²) in [5.41, 5.74) is -13.0. The normalized spacial score (nSPS) is 13.3. The summed E-state index contributed by atoms with van der Waals surface area (Å²) in [4.78, 5) is 173. The van der Waals surface area contributed by atoms with Crippen LogP contribution in [0.25, 0.3) is 0 Å². The minimum absolute atomic E-state index is 0.00148. The van der Waals surface area contributed by atoms with Crippen LogP contribution in [0, 0.1) is 54.1 Å². The molecule has 1 aliphatic heterocycles. The van der Waals surface area contributed by atoms with Gasteiger partial charge in [-0.25, -0.2) is 0 Å². The molecule has 0 aliphatic carbocycles. The highest BCUT2D eigenvalue weighted by molar-refractivity contribution is 6.13. The number of esters is 6. The third-order valence-corrected chi connectivity index (χ3v) is 16.3. The van der Waals surface area contributed by atoms with E-state index in [1.54, 1.807) is 125 Å². The molecule has 0 fully saturated rings. The van der Waals surface area contributed by atoms with Crippen LogP contribution >= 0.6 is 0 Å². The van der Waals surface area contributed by atoms with Crippen molar-refractivity contribution in [2.75, 3.05) is 178 Å². The van der Waals surface area contributed by atoms with Gasteiger partial charge in [0.15, 0.2) is 0 Å². The highest BCUT2D eigenvalue weighted by Crippen LogP contribution is 2.30. The first-order valence-electron chi connectivity index (χ1n) is 37.2. The van der Waals surface area contributed by atoms with E-state index in [2.05, 4.69) is 21.3 Å². The third-order valence-electron chi connectivity index (χ3n) is 16.3. The average Bonchev–Trinajstić information content (AvgIpc) is 1.47. The van der Waals surface area contributed by atoms with E-state index in [1.165, 1.54) is 32.9 Å². The highest BCUT2D eigenvalue weighted by Gasteiger charge is 2.46. The van der Waals surface area contributed by atoms with Crippen molar-refractivity contribution in [3.05, 3.63) is 12.2 Å². The zero-order valence-corrected chi connectivity index (χ0v) is 69.0. The number of imide groups is 1. The number of Topliss-reactive ketones (excluding diaryl/α,β-unsaturated/α-hetero) is 1. The van der Waals surface area contributed by atoms with Gasteiger partial charge in [0.25, 0.3) is 11.8 Å². The van der Waals surface area contributed by atoms with Gasteiger partial charge < -0.3 is 87.6 Å². The predicted octanol–water partition coefficient (Wildman–Crippen LogP) is 5.18. The van der Waals surface area contributed by atoms with Gasteiger partial charge in [-0.2, -0.15) is 0 Å². The minimum atomic E-state index is -1.77. The molecule has 1 heterocycles. The number of amides is 6. The van der Waals surface area contributed by atoms with E-state index >= 15 is 0 Å². The molecule has 6 amide bonds. The van der Waals surface area contributed by atoms with Crippen LogP contribution in [0.2, 0.25) is 0 Å². The second-order valence-electron chi connectivity index (χ2n) is 34.2. The molecule has 32 nitrogen and oxygen atoms in total. The minimum Gasteiger partial charge on any atom is -0.464 e. The number of ketones is 1. The fraction of sp³-hybridized carbons (Fsp3) is 0.805. The monoisotopic (exact) mass is 1560 g/mol. The summed E-state index contributed by atoms with van der Waals surface area (Å²) in [5, 5.41) is 11.3. The van der Waals surface area contributed by atoms with E-state index in [0.717, 1.165) is 4.90 Å². The van der Waals surface area contributed by atoms with Crippen molar-refractivity contribution in [2.24, 2.45) is 54.1 Å². The number of rotatable bonds is 54. The standard InChI is InChI=1S/C77H131N5O27/c1-68(2,3)62(90)104-48-74(19,49-105-63(91)69(4,5)6)59(87)79-45-77(46-80-60(88)75(20,50-106-64(92)70(7,8)9)51-107-65(93)71(10,11)12,47-81-61(89)76(21,52-108-66(94)72(13,14)15)53-109-67(95)73(16,17)18)54-103-44-43-102-42-41-99-36-33-96-30-22-23-55(83)27-31-97-34-37-100-39-40-101-38-35-98-32-28-78-56(84)26-29-82-57(85)24-25-58(82)86/h24-25H,22-23,26-54H2,1-21H3,(H,78,84)(H,79,87)(H,80,88)(H,81,89). The molecule has 1 aliphatic rings. The second kappa shape index (κ2) is 47.3. The van der Waals surface area contributed by atoms with Crippen molar-refractivity contribution < 1.29 is 129 Å². The van der Waals surface area contributed by atoms with E-state index in [0.29, 0.717) is 59.1 Å². The quantitative estimate of drug-likeness (QED) is 0.0264. The highest BCUT2D eigenvalue weighted by atomic mass is 16.6. The van der Waals surface area contributed by atoms with Gasteiger partial charge in [-0.05, 0) is 152 Å². The molecular weight excluding hydrogens is 1430 g/mol. The lowest BCUT2D eigenvalue weighted by atomic mass is 9.84. The Morgan fingerprint density at radius 1 is 0.303 bits per heavy atom. The molecule has 0 bridgehead atoms. The third kappa shape index (κ3) is 41.2. The van der Waals surface area contributed by atoms with E-state index in [4.69, 9.17) is 66.3 Å². The van der Waals surface area contributed by atoms with Gasteiger partial charge in [-0.15, -0.1) is 0 Å². The van der Waals surface area contributed by atoms with Gasteiger partial charge >= 0.3 is 35.8 Å². The molecule has 0 saturated carbocycles. The molecule has 0 aromatic carbocycles. The smallest absolute Gasteiger partial charge is 0.311 e. The molecular formula is C77H131N5O27. The van der Waals surface area contributed by atoms with Crippen LogP contribution in [0.1, 0.15) is 171 Å².